The Hall–Kier alpha value is -2.46. The number of aromatic nitrogens is 2. The number of benzene rings is 1. The molecule has 0 saturated heterocycles. The number of nitrogens with zero attached hydrogens (tertiary/aromatic N) is 2. The van der Waals surface area contributed by atoms with Crippen LogP contribution in [0.4, 0.5) is 5.13 Å². The first kappa shape index (κ1) is 19.9. The normalized spacial score (nSPS) is 10.2. The van der Waals surface area contributed by atoms with Crippen LogP contribution >= 0.6 is 23.1 Å². The van der Waals surface area contributed by atoms with Gasteiger partial charge in [-0.3, -0.25) is 9.59 Å². The monoisotopic (exact) mass is 394 g/mol. The Morgan fingerprint density at radius 2 is 1.92 bits per heavy atom. The van der Waals surface area contributed by atoms with E-state index < -0.39 is 0 Å². The zero-order chi connectivity index (χ0) is 18.9. The quantitative estimate of drug-likeness (QED) is 0.401. The van der Waals surface area contributed by atoms with Crippen molar-refractivity contribution in [1.29, 1.82) is 0 Å². The van der Waals surface area contributed by atoms with Gasteiger partial charge in [0.1, 0.15) is 0 Å². The number of hydrogen-bond acceptors (Lipinski definition) is 8. The summed E-state index contributed by atoms with van der Waals surface area (Å²) in [4.78, 5) is 33.9. The largest absolute Gasteiger partial charge is 0.465 e. The van der Waals surface area contributed by atoms with E-state index in [1.165, 1.54) is 37.1 Å². The lowest BCUT2D eigenvalue weighted by Crippen LogP contribution is -2.25. The number of carbonyl (C=O) groups excluding carboxylic acids is 3. The fourth-order valence-corrected chi connectivity index (χ4v) is 3.58. The minimum absolute atomic E-state index is 0.174. The predicted molar refractivity (Wildman–Crippen MR) is 99.2 cm³/mol. The van der Waals surface area contributed by atoms with Crippen LogP contribution in [0.15, 0.2) is 28.6 Å². The number of anilines is 1. The molecule has 0 fully saturated rings. The maximum atomic E-state index is 11.7. The average molecular weight is 394 g/mol. The molecule has 0 bridgehead atoms. The molecule has 0 radical (unpaired) electrons. The highest BCUT2D eigenvalue weighted by Gasteiger charge is 2.10. The molecule has 1 aromatic heterocycles. The van der Waals surface area contributed by atoms with Crippen molar-refractivity contribution in [2.24, 2.45) is 0 Å². The van der Waals surface area contributed by atoms with Crippen molar-refractivity contribution in [3.05, 3.63) is 35.4 Å². The highest BCUT2D eigenvalue weighted by molar-refractivity contribution is 8.00. The second-order valence-corrected chi connectivity index (χ2v) is 7.33. The fraction of sp³-hybridized carbons (Fsp3) is 0.312. The molecule has 2 N–H and O–H groups in total. The second-order valence-electron chi connectivity index (χ2n) is 5.13. The van der Waals surface area contributed by atoms with Gasteiger partial charge in [-0.15, -0.1) is 10.2 Å². The summed E-state index contributed by atoms with van der Waals surface area (Å²) in [5.41, 5.74) is 1.53. The van der Waals surface area contributed by atoms with Crippen LogP contribution in [-0.4, -0.2) is 41.6 Å². The van der Waals surface area contributed by atoms with E-state index in [1.54, 1.807) is 12.1 Å². The number of thioether (sulfide) groups is 1. The van der Waals surface area contributed by atoms with Gasteiger partial charge in [0.15, 0.2) is 4.34 Å². The fourth-order valence-electron chi connectivity index (χ4n) is 1.85. The van der Waals surface area contributed by atoms with E-state index in [9.17, 15) is 14.4 Å². The van der Waals surface area contributed by atoms with Gasteiger partial charge in [0, 0.05) is 25.6 Å². The molecule has 138 valence electrons. The maximum absolute atomic E-state index is 11.7. The summed E-state index contributed by atoms with van der Waals surface area (Å²) in [6, 6.07) is 7.13. The molecule has 1 aromatic carbocycles. The topological polar surface area (TPSA) is 110 Å². The Labute approximate surface area is 158 Å². The zero-order valence-electron chi connectivity index (χ0n) is 14.3. The van der Waals surface area contributed by atoms with Crippen LogP contribution in [0.5, 0.6) is 0 Å². The van der Waals surface area contributed by atoms with Gasteiger partial charge in [-0.05, 0) is 17.7 Å². The van der Waals surface area contributed by atoms with Gasteiger partial charge in [-0.1, -0.05) is 35.2 Å². The Bertz CT molecular complexity index is 777. The number of esters is 1. The SMILES string of the molecule is COC(=O)c1ccc(CSc2nnc(NC(=O)CCNC(C)=O)s2)cc1. The molecule has 0 atom stereocenters. The number of carbonyl (C=O) groups is 3. The summed E-state index contributed by atoms with van der Waals surface area (Å²) in [6.45, 7) is 1.68. The van der Waals surface area contributed by atoms with Crippen LogP contribution in [0, 0.1) is 0 Å². The van der Waals surface area contributed by atoms with Gasteiger partial charge < -0.3 is 15.4 Å². The summed E-state index contributed by atoms with van der Waals surface area (Å²) in [5.74, 6) is -0.115. The van der Waals surface area contributed by atoms with Crippen LogP contribution in [0.25, 0.3) is 0 Å². The van der Waals surface area contributed by atoms with E-state index in [2.05, 4.69) is 25.6 Å². The summed E-state index contributed by atoms with van der Waals surface area (Å²) < 4.78 is 5.38. The number of methoxy groups -OCH3 is 1. The lowest BCUT2D eigenvalue weighted by molar-refractivity contribution is -0.119. The molecule has 0 aliphatic rings. The van der Waals surface area contributed by atoms with Crippen molar-refractivity contribution in [2.45, 2.75) is 23.4 Å². The summed E-state index contributed by atoms with van der Waals surface area (Å²) >= 11 is 2.76. The molecule has 2 aromatic rings. The first-order valence-electron chi connectivity index (χ1n) is 7.66. The molecule has 0 spiro atoms. The summed E-state index contributed by atoms with van der Waals surface area (Å²) in [5, 5.41) is 13.6. The number of rotatable bonds is 8. The van der Waals surface area contributed by atoms with Gasteiger partial charge >= 0.3 is 5.97 Å². The molecule has 26 heavy (non-hydrogen) atoms. The lowest BCUT2D eigenvalue weighted by atomic mass is 10.1. The highest BCUT2D eigenvalue weighted by atomic mass is 32.2. The molecular weight excluding hydrogens is 376 g/mol. The highest BCUT2D eigenvalue weighted by Crippen LogP contribution is 2.28. The molecule has 0 saturated carbocycles. The van der Waals surface area contributed by atoms with Crippen molar-refractivity contribution in [2.75, 3.05) is 19.0 Å². The minimum atomic E-state index is -0.368. The van der Waals surface area contributed by atoms with Crippen molar-refractivity contribution < 1.29 is 19.1 Å². The Balaban J connectivity index is 1.80. The summed E-state index contributed by atoms with van der Waals surface area (Å²) in [7, 11) is 1.35. The van der Waals surface area contributed by atoms with E-state index in [0.29, 0.717) is 16.4 Å². The molecule has 0 aliphatic carbocycles. The zero-order valence-corrected chi connectivity index (χ0v) is 15.9. The standard InChI is InChI=1S/C16H18N4O4S2/c1-10(21)17-8-7-13(22)18-15-19-20-16(26-15)25-9-11-3-5-12(6-4-11)14(23)24-2/h3-6H,7-9H2,1-2H3,(H,17,21)(H,18,19,22). The molecule has 0 aliphatic heterocycles. The Morgan fingerprint density at radius 3 is 2.58 bits per heavy atom. The Morgan fingerprint density at radius 1 is 1.19 bits per heavy atom. The molecule has 2 rings (SSSR count). The first-order chi connectivity index (χ1) is 12.5. The van der Waals surface area contributed by atoms with Crippen LogP contribution in [0.1, 0.15) is 29.3 Å². The van der Waals surface area contributed by atoms with Crippen LogP contribution < -0.4 is 10.6 Å². The molecule has 1 heterocycles. The molecular formula is C16H18N4O4S2. The van der Waals surface area contributed by atoms with Gasteiger partial charge in [-0.25, -0.2) is 4.79 Å². The predicted octanol–water partition coefficient (Wildman–Crippen LogP) is 2.08. The third-order valence-electron chi connectivity index (χ3n) is 3.12. The lowest BCUT2D eigenvalue weighted by Gasteiger charge is -2.02. The Kier molecular flexibility index (Phi) is 7.54. The van der Waals surface area contributed by atoms with E-state index in [-0.39, 0.29) is 30.7 Å². The van der Waals surface area contributed by atoms with Crippen molar-refractivity contribution >= 4 is 46.0 Å². The smallest absolute Gasteiger partial charge is 0.337 e. The van der Waals surface area contributed by atoms with E-state index in [1.807, 2.05) is 12.1 Å². The van der Waals surface area contributed by atoms with Crippen LogP contribution in [-0.2, 0) is 20.1 Å². The van der Waals surface area contributed by atoms with Crippen molar-refractivity contribution in [3.8, 4) is 0 Å². The van der Waals surface area contributed by atoms with Gasteiger partial charge in [0.25, 0.3) is 0 Å². The second kappa shape index (κ2) is 9.88. The molecule has 2 amide bonds. The molecule has 0 unspecified atom stereocenters. The first-order valence-corrected chi connectivity index (χ1v) is 9.46. The van der Waals surface area contributed by atoms with Crippen LogP contribution in [0.2, 0.25) is 0 Å². The van der Waals surface area contributed by atoms with E-state index in [4.69, 9.17) is 0 Å². The number of ether oxygens (including phenoxy) is 1. The third-order valence-corrected chi connectivity index (χ3v) is 5.16. The molecule has 8 nitrogen and oxygen atoms in total. The molecule has 10 heteroatoms. The number of nitrogens with one attached hydrogen (secondary N) is 2. The van der Waals surface area contributed by atoms with Crippen molar-refractivity contribution in [3.63, 3.8) is 0 Å². The third kappa shape index (κ3) is 6.45. The van der Waals surface area contributed by atoms with Crippen LogP contribution in [0.3, 0.4) is 0 Å². The number of amides is 2. The van der Waals surface area contributed by atoms with Crippen molar-refractivity contribution in [1.82, 2.24) is 15.5 Å². The summed E-state index contributed by atoms with van der Waals surface area (Å²) in [6.07, 6.45) is 0.175. The van der Waals surface area contributed by atoms with E-state index >= 15 is 0 Å². The minimum Gasteiger partial charge on any atom is -0.465 e. The van der Waals surface area contributed by atoms with Gasteiger partial charge in [0.2, 0.25) is 16.9 Å². The van der Waals surface area contributed by atoms with Gasteiger partial charge in [-0.2, -0.15) is 0 Å². The van der Waals surface area contributed by atoms with E-state index in [0.717, 1.165) is 9.90 Å². The maximum Gasteiger partial charge on any atom is 0.337 e. The number of hydrogen-bond donors (Lipinski definition) is 2. The average Bonchev–Trinajstić information content (AvgIpc) is 3.06. The van der Waals surface area contributed by atoms with Gasteiger partial charge in [0.05, 0.1) is 12.7 Å².